The predicted octanol–water partition coefficient (Wildman–Crippen LogP) is 3.47. The Labute approximate surface area is 185 Å². The molecule has 1 saturated carbocycles. The first-order valence-electron chi connectivity index (χ1n) is 10.6. The maximum absolute atomic E-state index is 13.2. The van der Waals surface area contributed by atoms with Gasteiger partial charge in [-0.05, 0) is 49.1 Å². The van der Waals surface area contributed by atoms with E-state index in [2.05, 4.69) is 9.88 Å². The number of ether oxygens (including phenoxy) is 1. The number of hydrogen-bond acceptors (Lipinski definition) is 6. The maximum atomic E-state index is 13.2. The molecule has 0 saturated heterocycles. The van der Waals surface area contributed by atoms with E-state index in [0.717, 1.165) is 37.8 Å². The lowest BCUT2D eigenvalue weighted by atomic mass is 9.99. The van der Waals surface area contributed by atoms with Crippen LogP contribution in [0, 0.1) is 0 Å². The first-order valence-corrected chi connectivity index (χ1v) is 11.0. The van der Waals surface area contributed by atoms with Crippen molar-refractivity contribution in [3.05, 3.63) is 40.8 Å². The summed E-state index contributed by atoms with van der Waals surface area (Å²) in [5.41, 5.74) is 1.20. The Hall–Kier alpha value is -2.87. The number of halogens is 1. The molecule has 0 unspecified atom stereocenters. The highest BCUT2D eigenvalue weighted by Gasteiger charge is 2.49. The van der Waals surface area contributed by atoms with Gasteiger partial charge in [-0.3, -0.25) is 24.0 Å². The van der Waals surface area contributed by atoms with Crippen molar-refractivity contribution in [3.8, 4) is 5.75 Å². The first-order chi connectivity index (χ1) is 14.9. The fourth-order valence-electron chi connectivity index (χ4n) is 4.84. The Balaban J connectivity index is 1.52. The maximum Gasteiger partial charge on any atom is 0.308 e. The number of rotatable bonds is 4. The molecule has 31 heavy (non-hydrogen) atoms. The second-order valence-electron chi connectivity index (χ2n) is 8.36. The molecule has 1 aromatic heterocycles. The van der Waals surface area contributed by atoms with E-state index in [1.807, 2.05) is 23.6 Å². The van der Waals surface area contributed by atoms with Crippen LogP contribution < -0.4 is 9.64 Å². The van der Waals surface area contributed by atoms with E-state index in [4.69, 9.17) is 21.3 Å². The monoisotopic (exact) mass is 441 g/mol. The summed E-state index contributed by atoms with van der Waals surface area (Å²) in [6.45, 7) is 5.04. The van der Waals surface area contributed by atoms with Gasteiger partial charge in [-0.25, -0.2) is 9.98 Å². The number of nitrogens with zero attached hydrogens (tertiary/aromatic N) is 5. The Morgan fingerprint density at radius 2 is 1.94 bits per heavy atom. The lowest BCUT2D eigenvalue weighted by Gasteiger charge is -2.34. The summed E-state index contributed by atoms with van der Waals surface area (Å²) in [7, 11) is 0. The topological polar surface area (TPSA) is 80.0 Å². The SMILES string of the molecule is CCN1C(=O)c2nc(Cl)n(Cc3ccc(OC(C)=O)cc3)c2N2CC3(CCCC3)N=C12. The van der Waals surface area contributed by atoms with E-state index in [1.54, 1.807) is 17.0 Å². The van der Waals surface area contributed by atoms with E-state index < -0.39 is 0 Å². The summed E-state index contributed by atoms with van der Waals surface area (Å²) in [4.78, 5) is 37.7. The van der Waals surface area contributed by atoms with Crippen molar-refractivity contribution < 1.29 is 14.3 Å². The lowest BCUT2D eigenvalue weighted by Crippen LogP contribution is -2.51. The van der Waals surface area contributed by atoms with E-state index in [-0.39, 0.29) is 22.7 Å². The average molecular weight is 442 g/mol. The number of aliphatic imine (C=N–C) groups is 1. The molecular formula is C22H24ClN5O3. The van der Waals surface area contributed by atoms with Crippen molar-refractivity contribution in [2.24, 2.45) is 4.99 Å². The summed E-state index contributed by atoms with van der Waals surface area (Å²) < 4.78 is 6.98. The molecule has 162 valence electrons. The highest BCUT2D eigenvalue weighted by Crippen LogP contribution is 2.43. The Morgan fingerprint density at radius 3 is 2.58 bits per heavy atom. The second-order valence-corrected chi connectivity index (χ2v) is 8.69. The van der Waals surface area contributed by atoms with Crippen LogP contribution in [0.25, 0.3) is 0 Å². The number of aromatic nitrogens is 2. The van der Waals surface area contributed by atoms with Crippen LogP contribution in [-0.2, 0) is 11.3 Å². The Bertz CT molecular complexity index is 1090. The number of guanidine groups is 1. The van der Waals surface area contributed by atoms with Crippen LogP contribution in [0.2, 0.25) is 5.28 Å². The highest BCUT2D eigenvalue weighted by molar-refractivity contribution is 6.30. The molecule has 1 fully saturated rings. The zero-order valence-corrected chi connectivity index (χ0v) is 18.4. The molecule has 1 spiro atoms. The van der Waals surface area contributed by atoms with Crippen molar-refractivity contribution in [3.63, 3.8) is 0 Å². The molecule has 1 aromatic carbocycles. The van der Waals surface area contributed by atoms with Crippen LogP contribution >= 0.6 is 11.6 Å². The van der Waals surface area contributed by atoms with Crippen LogP contribution in [-0.4, -0.2) is 50.9 Å². The number of benzene rings is 1. The predicted molar refractivity (Wildman–Crippen MR) is 117 cm³/mol. The van der Waals surface area contributed by atoms with E-state index >= 15 is 0 Å². The summed E-state index contributed by atoms with van der Waals surface area (Å²) >= 11 is 6.53. The molecule has 2 aromatic rings. The summed E-state index contributed by atoms with van der Waals surface area (Å²) in [5, 5.41) is 0.270. The fraction of sp³-hybridized carbons (Fsp3) is 0.455. The van der Waals surface area contributed by atoms with E-state index in [1.165, 1.54) is 6.92 Å². The zero-order valence-electron chi connectivity index (χ0n) is 17.6. The first kappa shape index (κ1) is 20.1. The third kappa shape index (κ3) is 3.29. The van der Waals surface area contributed by atoms with Gasteiger partial charge >= 0.3 is 5.97 Å². The van der Waals surface area contributed by atoms with E-state index in [9.17, 15) is 9.59 Å². The van der Waals surface area contributed by atoms with Gasteiger partial charge < -0.3 is 4.74 Å². The van der Waals surface area contributed by atoms with Gasteiger partial charge in [0.05, 0.1) is 18.6 Å². The lowest BCUT2D eigenvalue weighted by molar-refractivity contribution is -0.131. The molecule has 9 heteroatoms. The second kappa shape index (κ2) is 7.37. The molecule has 8 nitrogen and oxygen atoms in total. The minimum absolute atomic E-state index is 0.127. The Morgan fingerprint density at radius 1 is 1.23 bits per heavy atom. The average Bonchev–Trinajstić information content (AvgIpc) is 3.42. The summed E-state index contributed by atoms with van der Waals surface area (Å²) in [6.07, 6.45) is 4.39. The van der Waals surface area contributed by atoms with Gasteiger partial charge in [0.15, 0.2) is 5.69 Å². The van der Waals surface area contributed by atoms with Crippen LogP contribution in [0.15, 0.2) is 29.3 Å². The smallest absolute Gasteiger partial charge is 0.308 e. The minimum Gasteiger partial charge on any atom is -0.427 e. The van der Waals surface area contributed by atoms with Crippen LogP contribution in [0.1, 0.15) is 55.6 Å². The van der Waals surface area contributed by atoms with Crippen LogP contribution in [0.5, 0.6) is 5.75 Å². The molecule has 0 N–H and O–H groups in total. The summed E-state index contributed by atoms with van der Waals surface area (Å²) in [6, 6.07) is 7.24. The normalized spacial score (nSPS) is 18.9. The molecule has 5 rings (SSSR count). The van der Waals surface area contributed by atoms with Crippen molar-refractivity contribution in [2.75, 3.05) is 18.0 Å². The molecule has 0 radical (unpaired) electrons. The van der Waals surface area contributed by atoms with Crippen molar-refractivity contribution >= 4 is 35.3 Å². The number of imidazole rings is 1. The number of amides is 1. The van der Waals surface area contributed by atoms with Gasteiger partial charge in [0.25, 0.3) is 5.91 Å². The Kier molecular flexibility index (Phi) is 4.77. The van der Waals surface area contributed by atoms with Crippen LogP contribution in [0.4, 0.5) is 5.82 Å². The largest absolute Gasteiger partial charge is 0.427 e. The minimum atomic E-state index is -0.361. The standard InChI is InChI=1S/C22H24ClN5O3/c1-3-26-19(30)17-18(28-13-22(25-21(26)28)10-4-5-11-22)27(20(23)24-17)12-15-6-8-16(9-7-15)31-14(2)29/h6-9H,3-5,10-13H2,1-2H3. The van der Waals surface area contributed by atoms with Gasteiger partial charge in [0.1, 0.15) is 11.6 Å². The number of hydrogen-bond donors (Lipinski definition) is 0. The van der Waals surface area contributed by atoms with E-state index in [0.29, 0.717) is 36.3 Å². The molecular weight excluding hydrogens is 418 g/mol. The van der Waals surface area contributed by atoms with Gasteiger partial charge in [-0.15, -0.1) is 0 Å². The number of fused-ring (bicyclic) bond motifs is 3. The number of carbonyl (C=O) groups is 2. The van der Waals surface area contributed by atoms with Gasteiger partial charge in [-0.1, -0.05) is 25.0 Å². The third-order valence-corrected chi connectivity index (χ3v) is 6.53. The van der Waals surface area contributed by atoms with Crippen molar-refractivity contribution in [2.45, 2.75) is 51.6 Å². The van der Waals surface area contributed by atoms with Gasteiger partial charge in [0.2, 0.25) is 11.2 Å². The molecule has 0 atom stereocenters. The number of esters is 1. The van der Waals surface area contributed by atoms with Gasteiger partial charge in [-0.2, -0.15) is 0 Å². The molecule has 3 aliphatic rings. The van der Waals surface area contributed by atoms with Crippen molar-refractivity contribution in [1.29, 1.82) is 0 Å². The fourth-order valence-corrected chi connectivity index (χ4v) is 5.07. The van der Waals surface area contributed by atoms with Gasteiger partial charge in [0, 0.05) is 13.5 Å². The molecule has 2 aliphatic heterocycles. The zero-order chi connectivity index (χ0) is 21.8. The van der Waals surface area contributed by atoms with Crippen molar-refractivity contribution in [1.82, 2.24) is 14.5 Å². The summed E-state index contributed by atoms with van der Waals surface area (Å²) in [5.74, 6) is 1.39. The molecule has 0 bridgehead atoms. The highest BCUT2D eigenvalue weighted by atomic mass is 35.5. The molecule has 3 heterocycles. The quantitative estimate of drug-likeness (QED) is 0.536. The molecule has 1 amide bonds. The van der Waals surface area contributed by atoms with Crippen LogP contribution in [0.3, 0.4) is 0 Å². The third-order valence-electron chi connectivity index (χ3n) is 6.25. The number of anilines is 1. The number of carbonyl (C=O) groups excluding carboxylic acids is 2. The molecule has 1 aliphatic carbocycles.